The summed E-state index contributed by atoms with van der Waals surface area (Å²) < 4.78 is 0. The van der Waals surface area contributed by atoms with Crippen molar-refractivity contribution in [2.45, 2.75) is 44.8 Å². The highest BCUT2D eigenvalue weighted by Gasteiger charge is 2.30. The van der Waals surface area contributed by atoms with Crippen LogP contribution in [0.15, 0.2) is 30.3 Å². The van der Waals surface area contributed by atoms with Crippen LogP contribution in [-0.4, -0.2) is 35.7 Å². The Morgan fingerprint density at radius 3 is 2.60 bits per heavy atom. The molecule has 2 rings (SSSR count). The zero-order valence-electron chi connectivity index (χ0n) is 12.8. The van der Waals surface area contributed by atoms with Gasteiger partial charge >= 0.3 is 0 Å². The predicted molar refractivity (Wildman–Crippen MR) is 83.4 cm³/mol. The van der Waals surface area contributed by atoms with E-state index in [0.29, 0.717) is 12.5 Å². The molecule has 1 aliphatic rings. The average molecular weight is 276 g/mol. The molecule has 0 aliphatic carbocycles. The van der Waals surface area contributed by atoms with Crippen LogP contribution in [0.2, 0.25) is 0 Å². The average Bonchev–Trinajstić information content (AvgIpc) is 2.49. The highest BCUT2D eigenvalue weighted by molar-refractivity contribution is 5.22. The first-order chi connectivity index (χ1) is 9.55. The molecule has 0 aromatic heterocycles. The van der Waals surface area contributed by atoms with Gasteiger partial charge in [0, 0.05) is 25.7 Å². The van der Waals surface area contributed by atoms with Crippen LogP contribution in [0, 0.1) is 5.92 Å². The van der Waals surface area contributed by atoms with E-state index in [1.807, 2.05) is 30.3 Å². The van der Waals surface area contributed by atoms with Crippen molar-refractivity contribution >= 4 is 0 Å². The minimum absolute atomic E-state index is 0.273. The fraction of sp³-hybridized carbons (Fsp3) is 0.647. The second-order valence-corrected chi connectivity index (χ2v) is 6.38. The standard InChI is InChI=1S/C17H28N2O/c1-14-8-9-15(2)19(12-14)11-10-17(20,13-18)16-6-4-3-5-7-16/h3-7,14-15,20H,8-13,18H2,1-2H3. The van der Waals surface area contributed by atoms with Crippen LogP contribution in [0.25, 0.3) is 0 Å². The van der Waals surface area contributed by atoms with Crippen molar-refractivity contribution in [3.8, 4) is 0 Å². The molecule has 3 heteroatoms. The van der Waals surface area contributed by atoms with Crippen LogP contribution in [0.4, 0.5) is 0 Å². The molecule has 1 fully saturated rings. The van der Waals surface area contributed by atoms with E-state index in [1.165, 1.54) is 12.8 Å². The lowest BCUT2D eigenvalue weighted by atomic mass is 9.89. The topological polar surface area (TPSA) is 49.5 Å². The van der Waals surface area contributed by atoms with E-state index in [2.05, 4.69) is 18.7 Å². The summed E-state index contributed by atoms with van der Waals surface area (Å²) in [5, 5.41) is 10.8. The summed E-state index contributed by atoms with van der Waals surface area (Å²) in [4.78, 5) is 2.50. The number of rotatable bonds is 5. The van der Waals surface area contributed by atoms with E-state index in [4.69, 9.17) is 5.73 Å². The summed E-state index contributed by atoms with van der Waals surface area (Å²) in [6, 6.07) is 10.4. The molecule has 3 unspecified atom stereocenters. The highest BCUT2D eigenvalue weighted by atomic mass is 16.3. The molecule has 1 heterocycles. The Morgan fingerprint density at radius 2 is 1.95 bits per heavy atom. The first-order valence-corrected chi connectivity index (χ1v) is 7.77. The molecule has 0 radical (unpaired) electrons. The Hall–Kier alpha value is -0.900. The largest absolute Gasteiger partial charge is 0.384 e. The summed E-state index contributed by atoms with van der Waals surface area (Å²) in [6.45, 7) is 6.92. The SMILES string of the molecule is CC1CCC(C)N(CCC(O)(CN)c2ccccc2)C1. The van der Waals surface area contributed by atoms with Gasteiger partial charge in [-0.1, -0.05) is 37.3 Å². The van der Waals surface area contributed by atoms with Gasteiger partial charge in [0.15, 0.2) is 0 Å². The smallest absolute Gasteiger partial charge is 0.103 e. The monoisotopic (exact) mass is 276 g/mol. The maximum Gasteiger partial charge on any atom is 0.103 e. The number of piperidine rings is 1. The lowest BCUT2D eigenvalue weighted by Crippen LogP contribution is -2.45. The quantitative estimate of drug-likeness (QED) is 0.868. The third-order valence-corrected chi connectivity index (χ3v) is 4.71. The first kappa shape index (κ1) is 15.5. The molecule has 0 spiro atoms. The lowest BCUT2D eigenvalue weighted by Gasteiger charge is -2.39. The van der Waals surface area contributed by atoms with Crippen LogP contribution in [0.3, 0.4) is 0 Å². The summed E-state index contributed by atoms with van der Waals surface area (Å²) in [7, 11) is 0. The summed E-state index contributed by atoms with van der Waals surface area (Å²) in [5.74, 6) is 0.758. The van der Waals surface area contributed by atoms with Gasteiger partial charge in [-0.05, 0) is 37.7 Å². The number of nitrogens with zero attached hydrogens (tertiary/aromatic N) is 1. The predicted octanol–water partition coefficient (Wildman–Crippen LogP) is 2.34. The summed E-state index contributed by atoms with van der Waals surface area (Å²) in [6.07, 6.45) is 3.27. The molecular formula is C17H28N2O. The molecule has 112 valence electrons. The number of likely N-dealkylation sites (tertiary alicyclic amines) is 1. The van der Waals surface area contributed by atoms with Crippen LogP contribution in [-0.2, 0) is 5.60 Å². The molecule has 3 atom stereocenters. The van der Waals surface area contributed by atoms with E-state index in [0.717, 1.165) is 24.6 Å². The van der Waals surface area contributed by atoms with Gasteiger partial charge in [0.2, 0.25) is 0 Å². The summed E-state index contributed by atoms with van der Waals surface area (Å²) in [5.41, 5.74) is 5.88. The Balaban J connectivity index is 2.00. The normalized spacial score (nSPS) is 27.2. The van der Waals surface area contributed by atoms with Crippen LogP contribution in [0.1, 0.15) is 38.7 Å². The zero-order valence-corrected chi connectivity index (χ0v) is 12.8. The van der Waals surface area contributed by atoms with Crippen molar-refractivity contribution in [1.29, 1.82) is 0 Å². The highest BCUT2D eigenvalue weighted by Crippen LogP contribution is 2.27. The van der Waals surface area contributed by atoms with Gasteiger partial charge in [-0.25, -0.2) is 0 Å². The molecular weight excluding hydrogens is 248 g/mol. The molecule has 1 aliphatic heterocycles. The third kappa shape index (κ3) is 3.60. The second-order valence-electron chi connectivity index (χ2n) is 6.38. The third-order valence-electron chi connectivity index (χ3n) is 4.71. The summed E-state index contributed by atoms with van der Waals surface area (Å²) >= 11 is 0. The molecule has 1 aromatic rings. The van der Waals surface area contributed by atoms with Gasteiger partial charge < -0.3 is 15.7 Å². The number of aliphatic hydroxyl groups is 1. The molecule has 1 saturated heterocycles. The van der Waals surface area contributed by atoms with Crippen molar-refractivity contribution in [2.75, 3.05) is 19.6 Å². The number of benzene rings is 1. The van der Waals surface area contributed by atoms with Crippen molar-refractivity contribution in [1.82, 2.24) is 4.90 Å². The lowest BCUT2D eigenvalue weighted by molar-refractivity contribution is 0.0138. The molecule has 1 aromatic carbocycles. The van der Waals surface area contributed by atoms with E-state index in [-0.39, 0.29) is 6.54 Å². The maximum atomic E-state index is 10.8. The van der Waals surface area contributed by atoms with Gasteiger partial charge in [0.1, 0.15) is 5.60 Å². The van der Waals surface area contributed by atoms with Crippen LogP contribution < -0.4 is 5.73 Å². The minimum atomic E-state index is -0.901. The van der Waals surface area contributed by atoms with E-state index < -0.39 is 5.60 Å². The fourth-order valence-electron chi connectivity index (χ4n) is 3.13. The van der Waals surface area contributed by atoms with Crippen LogP contribution >= 0.6 is 0 Å². The van der Waals surface area contributed by atoms with Gasteiger partial charge in [-0.2, -0.15) is 0 Å². The Morgan fingerprint density at radius 1 is 1.25 bits per heavy atom. The molecule has 0 amide bonds. The Kier molecular flexibility index (Phi) is 5.19. The minimum Gasteiger partial charge on any atom is -0.384 e. The molecule has 3 nitrogen and oxygen atoms in total. The van der Waals surface area contributed by atoms with E-state index >= 15 is 0 Å². The molecule has 20 heavy (non-hydrogen) atoms. The van der Waals surface area contributed by atoms with E-state index in [9.17, 15) is 5.11 Å². The maximum absolute atomic E-state index is 10.8. The van der Waals surface area contributed by atoms with Gasteiger partial charge in [0.25, 0.3) is 0 Å². The van der Waals surface area contributed by atoms with Crippen molar-refractivity contribution in [2.24, 2.45) is 11.7 Å². The van der Waals surface area contributed by atoms with Gasteiger partial charge in [-0.3, -0.25) is 0 Å². The second kappa shape index (κ2) is 6.70. The molecule has 3 N–H and O–H groups in total. The Labute approximate surface area is 122 Å². The first-order valence-electron chi connectivity index (χ1n) is 7.77. The van der Waals surface area contributed by atoms with Crippen molar-refractivity contribution < 1.29 is 5.11 Å². The zero-order chi connectivity index (χ0) is 14.6. The molecule has 0 saturated carbocycles. The van der Waals surface area contributed by atoms with Gasteiger partial charge in [-0.15, -0.1) is 0 Å². The number of hydrogen-bond donors (Lipinski definition) is 2. The number of hydrogen-bond acceptors (Lipinski definition) is 3. The molecule has 0 bridgehead atoms. The van der Waals surface area contributed by atoms with E-state index in [1.54, 1.807) is 0 Å². The van der Waals surface area contributed by atoms with Crippen molar-refractivity contribution in [3.63, 3.8) is 0 Å². The Bertz CT molecular complexity index is 409. The van der Waals surface area contributed by atoms with Crippen molar-refractivity contribution in [3.05, 3.63) is 35.9 Å². The number of nitrogens with two attached hydrogens (primary N) is 1. The fourth-order valence-corrected chi connectivity index (χ4v) is 3.13. The van der Waals surface area contributed by atoms with Crippen LogP contribution in [0.5, 0.6) is 0 Å². The van der Waals surface area contributed by atoms with Gasteiger partial charge in [0.05, 0.1) is 0 Å².